The molecule has 1 rings (SSSR count). The van der Waals surface area contributed by atoms with Crippen LogP contribution < -0.4 is 0 Å². The third-order valence-corrected chi connectivity index (χ3v) is 1.97. The predicted octanol–water partition coefficient (Wildman–Crippen LogP) is 2.89. The molecule has 0 atom stereocenters. The number of carbonyl (C=O) groups is 1. The highest BCUT2D eigenvalue weighted by molar-refractivity contribution is 7.61. The second-order valence-corrected chi connectivity index (χ2v) is 5.24. The summed E-state index contributed by atoms with van der Waals surface area (Å²) in [5.74, 6) is -0.679. The van der Waals surface area contributed by atoms with Crippen molar-refractivity contribution in [1.29, 1.82) is 0 Å². The molecule has 100 valence electrons. The quantitative estimate of drug-likeness (QED) is 0.746. The van der Waals surface area contributed by atoms with E-state index in [1.807, 2.05) is 30.3 Å². The Bertz CT molecular complexity index is 498. The van der Waals surface area contributed by atoms with Crippen LogP contribution in [0.2, 0.25) is 5.02 Å². The highest BCUT2D eigenvalue weighted by Crippen LogP contribution is 2.14. The molecule has 1 aromatic rings. The normalized spacial score (nSPS) is 9.78. The van der Waals surface area contributed by atoms with Crippen LogP contribution in [0.5, 0.6) is 0 Å². The lowest BCUT2D eigenvalue weighted by atomic mass is 9.98. The lowest BCUT2D eigenvalue weighted by Gasteiger charge is -2.11. The van der Waals surface area contributed by atoms with E-state index >= 15 is 0 Å². The zero-order valence-electron chi connectivity index (χ0n) is 10.3. The van der Waals surface area contributed by atoms with Crippen molar-refractivity contribution in [1.82, 2.24) is 0 Å². The van der Waals surface area contributed by atoms with Gasteiger partial charge in [0.05, 0.1) is 9.94 Å². The Balaban J connectivity index is 0.000000351. The van der Waals surface area contributed by atoms with E-state index in [1.165, 1.54) is 0 Å². The Kier molecular flexibility index (Phi) is 7.23. The highest BCUT2D eigenvalue weighted by Gasteiger charge is 2.23. The monoisotopic (exact) mass is 291 g/mol. The van der Waals surface area contributed by atoms with Gasteiger partial charge in [0.1, 0.15) is 0 Å². The predicted molar refractivity (Wildman–Crippen MR) is 68.3 cm³/mol. The molecule has 0 bridgehead atoms. The van der Waals surface area contributed by atoms with Crippen LogP contribution in [0.1, 0.15) is 20.8 Å². The maximum absolute atomic E-state index is 10.8. The van der Waals surface area contributed by atoms with Crippen LogP contribution in [-0.4, -0.2) is 14.4 Å². The molecular weight excluding hydrogens is 278 g/mol. The van der Waals surface area contributed by atoms with Gasteiger partial charge in [0.15, 0.2) is 0 Å². The van der Waals surface area contributed by atoms with Gasteiger partial charge < -0.3 is 4.84 Å². The Hall–Kier alpha value is -1.40. The molecule has 1 aromatic carbocycles. The third kappa shape index (κ3) is 8.72. The summed E-state index contributed by atoms with van der Waals surface area (Å²) in [4.78, 5) is 14.8. The van der Waals surface area contributed by atoms with Gasteiger partial charge >= 0.3 is 16.5 Å². The Morgan fingerprint density at radius 1 is 1.22 bits per heavy atom. The fourth-order valence-corrected chi connectivity index (χ4v) is 0.890. The molecule has 0 unspecified atom stereocenters. The van der Waals surface area contributed by atoms with Gasteiger partial charge in [-0.3, -0.25) is 0 Å². The van der Waals surface area contributed by atoms with E-state index in [9.17, 15) is 13.2 Å². The number of carbonyl (C=O) groups excluding carboxylic acids is 1. The molecule has 0 aromatic heterocycles. The summed E-state index contributed by atoms with van der Waals surface area (Å²) in [5, 5.41) is 0.794. The molecule has 18 heavy (non-hydrogen) atoms. The van der Waals surface area contributed by atoms with Crippen LogP contribution in [0.4, 0.5) is 0 Å². The molecule has 7 heteroatoms. The lowest BCUT2D eigenvalue weighted by molar-refractivity contribution is -0.152. The second-order valence-electron chi connectivity index (χ2n) is 4.22. The first-order chi connectivity index (χ1) is 8.23. The van der Waals surface area contributed by atoms with Gasteiger partial charge in [0.2, 0.25) is 0 Å². The number of benzene rings is 1. The van der Waals surface area contributed by atoms with E-state index in [2.05, 4.69) is 9.36 Å². The van der Waals surface area contributed by atoms with Crippen LogP contribution in [0, 0.1) is 5.41 Å². The standard InChI is InChI=1S/C6H5Cl.C5H9NO4S/c7-6-4-2-1-3-5-6;1-5(2,3)4(7)10-6-11(8)9/h1-5H;1-3H3. The van der Waals surface area contributed by atoms with Crippen LogP contribution in [0.25, 0.3) is 0 Å². The summed E-state index contributed by atoms with van der Waals surface area (Å²) in [6, 6.07) is 9.44. The van der Waals surface area contributed by atoms with Gasteiger partial charge in [-0.15, -0.1) is 0 Å². The number of halogens is 1. The van der Waals surface area contributed by atoms with Gasteiger partial charge in [-0.2, -0.15) is 8.42 Å². The first-order valence-corrected chi connectivity index (χ1v) is 6.37. The molecule has 0 fully saturated rings. The summed E-state index contributed by atoms with van der Waals surface area (Å²) in [6.07, 6.45) is 0. The van der Waals surface area contributed by atoms with E-state index < -0.39 is 21.9 Å². The summed E-state index contributed by atoms with van der Waals surface area (Å²) in [5.41, 5.74) is -0.733. The first kappa shape index (κ1) is 16.6. The minimum Gasteiger partial charge on any atom is -0.303 e. The number of hydrogen-bond acceptors (Lipinski definition) is 5. The molecule has 0 aliphatic rings. The van der Waals surface area contributed by atoms with Crippen molar-refractivity contribution in [3.05, 3.63) is 35.4 Å². The molecular formula is C11H14ClNO4S. The summed E-state index contributed by atoms with van der Waals surface area (Å²) < 4.78 is 22.1. The van der Waals surface area contributed by atoms with E-state index in [0.717, 1.165) is 5.02 Å². The molecule has 0 radical (unpaired) electrons. The van der Waals surface area contributed by atoms with E-state index in [1.54, 1.807) is 20.8 Å². The molecule has 5 nitrogen and oxygen atoms in total. The van der Waals surface area contributed by atoms with Crippen molar-refractivity contribution >= 4 is 28.1 Å². The average Bonchev–Trinajstić information content (AvgIpc) is 2.26. The van der Waals surface area contributed by atoms with Crippen LogP contribution in [0.3, 0.4) is 0 Å². The van der Waals surface area contributed by atoms with E-state index in [0.29, 0.717) is 0 Å². The molecule has 0 N–H and O–H groups in total. The SMILES string of the molecule is CC(C)(C)C(=O)ON=S(=O)=O.Clc1ccccc1. The highest BCUT2D eigenvalue weighted by atomic mass is 35.5. The number of rotatable bonds is 1. The summed E-state index contributed by atoms with van der Waals surface area (Å²) in [7, 11) is -2.69. The number of nitrogens with zero attached hydrogens (tertiary/aromatic N) is 1. The molecule has 0 aliphatic heterocycles. The molecule has 0 aliphatic carbocycles. The Morgan fingerprint density at radius 2 is 1.72 bits per heavy atom. The maximum atomic E-state index is 10.8. The third-order valence-electron chi connectivity index (χ3n) is 1.53. The zero-order chi connectivity index (χ0) is 14.2. The lowest BCUT2D eigenvalue weighted by Crippen LogP contribution is -2.20. The van der Waals surface area contributed by atoms with Gasteiger partial charge in [-0.25, -0.2) is 4.79 Å². The van der Waals surface area contributed by atoms with Crippen molar-refractivity contribution in [3.63, 3.8) is 0 Å². The van der Waals surface area contributed by atoms with Crippen molar-refractivity contribution < 1.29 is 18.0 Å². The fraction of sp³-hybridized carbons (Fsp3) is 0.364. The zero-order valence-corrected chi connectivity index (χ0v) is 11.8. The maximum Gasteiger partial charge on any atom is 0.349 e. The van der Waals surface area contributed by atoms with Crippen LogP contribution >= 0.6 is 11.6 Å². The molecule has 0 spiro atoms. The van der Waals surface area contributed by atoms with Gasteiger partial charge in [-0.1, -0.05) is 29.8 Å². The number of hydrogen-bond donors (Lipinski definition) is 0. The molecule has 0 amide bonds. The van der Waals surface area contributed by atoms with E-state index in [4.69, 9.17) is 11.6 Å². The average molecular weight is 292 g/mol. The van der Waals surface area contributed by atoms with Crippen molar-refractivity contribution in [2.45, 2.75) is 20.8 Å². The molecule has 0 heterocycles. The molecule has 0 saturated carbocycles. The van der Waals surface area contributed by atoms with Crippen LogP contribution in [0.15, 0.2) is 34.9 Å². The Morgan fingerprint density at radius 3 is 2.00 bits per heavy atom. The largest absolute Gasteiger partial charge is 0.349 e. The summed E-state index contributed by atoms with van der Waals surface area (Å²) in [6.45, 7) is 4.79. The van der Waals surface area contributed by atoms with Crippen molar-refractivity contribution in [2.24, 2.45) is 9.94 Å². The minimum atomic E-state index is -2.69. The topological polar surface area (TPSA) is 72.8 Å². The van der Waals surface area contributed by atoms with Gasteiger partial charge in [0.25, 0.3) is 0 Å². The first-order valence-electron chi connectivity index (χ1n) is 4.96. The summed E-state index contributed by atoms with van der Waals surface area (Å²) >= 11 is 5.54. The van der Waals surface area contributed by atoms with Crippen molar-refractivity contribution in [3.8, 4) is 0 Å². The Labute approximate surface area is 112 Å². The smallest absolute Gasteiger partial charge is 0.303 e. The second kappa shape index (κ2) is 7.84. The van der Waals surface area contributed by atoms with E-state index in [-0.39, 0.29) is 0 Å². The van der Waals surface area contributed by atoms with Crippen molar-refractivity contribution in [2.75, 3.05) is 0 Å². The fourth-order valence-electron chi connectivity index (χ4n) is 0.616. The van der Waals surface area contributed by atoms with Gasteiger partial charge in [-0.05, 0) is 32.9 Å². The van der Waals surface area contributed by atoms with Gasteiger partial charge in [0, 0.05) is 5.02 Å². The van der Waals surface area contributed by atoms with Crippen LogP contribution in [-0.2, 0) is 20.1 Å². The molecule has 0 saturated heterocycles. The minimum absolute atomic E-state index is 0.679.